The number of carbonyl (C=O) groups is 5. The van der Waals surface area contributed by atoms with E-state index in [1.807, 2.05) is 0 Å². The van der Waals surface area contributed by atoms with Crippen molar-refractivity contribution in [2.45, 2.75) is 44.7 Å². The normalized spacial score (nSPS) is 12.2. The second-order valence-corrected chi connectivity index (χ2v) is 5.94. The van der Waals surface area contributed by atoms with Crippen LogP contribution in [0, 0.1) is 0 Å². The van der Waals surface area contributed by atoms with E-state index in [1.165, 1.54) is 6.92 Å². The number of hydrogen-bond acceptors (Lipinski definition) is 6. The number of nitrogens with zero attached hydrogens (tertiary/aromatic N) is 1. The van der Waals surface area contributed by atoms with Crippen LogP contribution in [-0.2, 0) is 24.0 Å². The number of aliphatic imine (C=N–C) groups is 1. The van der Waals surface area contributed by atoms with Crippen molar-refractivity contribution >= 4 is 35.5 Å². The fraction of sp³-hybridized carbons (Fsp3) is 0.600. The summed E-state index contributed by atoms with van der Waals surface area (Å²) in [4.78, 5) is 61.1. The number of guanidine groups is 1. The number of nitrogens with one attached hydrogen (secondary N) is 3. The average molecular weight is 400 g/mol. The molecule has 0 aromatic heterocycles. The van der Waals surface area contributed by atoms with E-state index < -0.39 is 48.2 Å². The van der Waals surface area contributed by atoms with Crippen molar-refractivity contribution in [1.29, 1.82) is 0 Å². The second-order valence-electron chi connectivity index (χ2n) is 5.94. The van der Waals surface area contributed by atoms with Crippen LogP contribution >= 0.6 is 0 Å². The van der Waals surface area contributed by atoms with Gasteiger partial charge in [-0.05, 0) is 19.8 Å². The van der Waals surface area contributed by atoms with Gasteiger partial charge >= 0.3 is 0 Å². The summed E-state index contributed by atoms with van der Waals surface area (Å²) < 4.78 is 0. The lowest BCUT2D eigenvalue weighted by Gasteiger charge is -2.17. The molecule has 0 radical (unpaired) electrons. The molecule has 0 aromatic rings. The molecule has 13 heteroatoms. The number of carbonyl (C=O) groups excluding carboxylic acids is 5. The SMILES string of the molecule is C[C@H](NC(=O)CCC(N)=O)C(=O)NCC(=O)N[C@@H](CCCN=C(N)N)C(N)=O. The summed E-state index contributed by atoms with van der Waals surface area (Å²) in [6.07, 6.45) is 0.346. The second kappa shape index (κ2) is 12.9. The van der Waals surface area contributed by atoms with E-state index in [2.05, 4.69) is 20.9 Å². The number of primary amides is 2. The van der Waals surface area contributed by atoms with Gasteiger partial charge in [-0.15, -0.1) is 0 Å². The molecule has 158 valence electrons. The molecule has 0 aromatic carbocycles. The Bertz CT molecular complexity index is 618. The van der Waals surface area contributed by atoms with E-state index in [9.17, 15) is 24.0 Å². The molecule has 13 nitrogen and oxygen atoms in total. The molecule has 0 saturated carbocycles. The predicted molar refractivity (Wildman–Crippen MR) is 100 cm³/mol. The molecule has 28 heavy (non-hydrogen) atoms. The minimum atomic E-state index is -0.940. The molecule has 0 aliphatic heterocycles. The van der Waals surface area contributed by atoms with Gasteiger partial charge in [0.1, 0.15) is 12.1 Å². The molecular formula is C15H28N8O5. The molecule has 0 spiro atoms. The maximum atomic E-state index is 11.9. The molecule has 0 rings (SSSR count). The summed E-state index contributed by atoms with van der Waals surface area (Å²) in [5.74, 6) is -3.23. The van der Waals surface area contributed by atoms with E-state index >= 15 is 0 Å². The van der Waals surface area contributed by atoms with Gasteiger partial charge < -0.3 is 38.9 Å². The Morgan fingerprint density at radius 2 is 1.57 bits per heavy atom. The largest absolute Gasteiger partial charge is 0.370 e. The first-order chi connectivity index (χ1) is 13.0. The van der Waals surface area contributed by atoms with Gasteiger partial charge in [0.2, 0.25) is 29.5 Å². The van der Waals surface area contributed by atoms with E-state index in [0.717, 1.165) is 0 Å². The zero-order valence-corrected chi connectivity index (χ0v) is 15.7. The van der Waals surface area contributed by atoms with E-state index in [4.69, 9.17) is 22.9 Å². The molecule has 5 amide bonds. The number of nitrogens with two attached hydrogens (primary N) is 4. The predicted octanol–water partition coefficient (Wildman–Crippen LogP) is -4.10. The zero-order chi connectivity index (χ0) is 21.7. The molecule has 0 bridgehead atoms. The summed E-state index contributed by atoms with van der Waals surface area (Å²) in [5, 5.41) is 7.07. The summed E-state index contributed by atoms with van der Waals surface area (Å²) in [6.45, 7) is 1.26. The standard InChI is InChI=1S/C15H28N8O5/c1-8(22-11(25)5-4-10(16)24)14(28)21-7-12(26)23-9(13(17)27)3-2-6-20-15(18)19/h8-9H,2-7H2,1H3,(H2,16,24)(H2,17,27)(H,21,28)(H,22,25)(H,23,26)(H4,18,19,20)/t8-,9-/m0/s1. The lowest BCUT2D eigenvalue weighted by Crippen LogP contribution is -2.50. The first kappa shape index (κ1) is 24.6. The summed E-state index contributed by atoms with van der Waals surface area (Å²) >= 11 is 0. The van der Waals surface area contributed by atoms with Crippen LogP contribution in [0.2, 0.25) is 0 Å². The van der Waals surface area contributed by atoms with Gasteiger partial charge in [0.25, 0.3) is 0 Å². The molecule has 2 atom stereocenters. The van der Waals surface area contributed by atoms with Crippen molar-refractivity contribution in [3.63, 3.8) is 0 Å². The van der Waals surface area contributed by atoms with Crippen LogP contribution in [0.15, 0.2) is 4.99 Å². The number of rotatable bonds is 13. The van der Waals surface area contributed by atoms with Crippen LogP contribution < -0.4 is 38.9 Å². The fourth-order valence-electron chi connectivity index (χ4n) is 1.97. The quantitative estimate of drug-likeness (QED) is 0.0914. The monoisotopic (exact) mass is 400 g/mol. The van der Waals surface area contributed by atoms with Gasteiger partial charge in [-0.2, -0.15) is 0 Å². The Morgan fingerprint density at radius 3 is 2.11 bits per heavy atom. The van der Waals surface area contributed by atoms with Crippen LogP contribution in [-0.4, -0.2) is 60.7 Å². The van der Waals surface area contributed by atoms with Crippen LogP contribution in [0.3, 0.4) is 0 Å². The van der Waals surface area contributed by atoms with Gasteiger partial charge in [0.05, 0.1) is 6.54 Å². The van der Waals surface area contributed by atoms with Gasteiger partial charge in [-0.1, -0.05) is 0 Å². The Balaban J connectivity index is 4.32. The third-order valence-electron chi connectivity index (χ3n) is 3.42. The fourth-order valence-corrected chi connectivity index (χ4v) is 1.97. The Labute approximate surface area is 162 Å². The molecule has 0 fully saturated rings. The highest BCUT2D eigenvalue weighted by atomic mass is 16.2. The maximum Gasteiger partial charge on any atom is 0.242 e. The van der Waals surface area contributed by atoms with Crippen molar-refractivity contribution in [2.24, 2.45) is 27.9 Å². The summed E-state index contributed by atoms with van der Waals surface area (Å²) in [6, 6.07) is -1.87. The van der Waals surface area contributed by atoms with Gasteiger partial charge in [-0.3, -0.25) is 29.0 Å². The first-order valence-electron chi connectivity index (χ1n) is 8.52. The molecule has 0 unspecified atom stereocenters. The summed E-state index contributed by atoms with van der Waals surface area (Å²) in [7, 11) is 0. The zero-order valence-electron chi connectivity index (χ0n) is 15.7. The highest BCUT2D eigenvalue weighted by Gasteiger charge is 2.20. The van der Waals surface area contributed by atoms with Gasteiger partial charge in [0.15, 0.2) is 5.96 Å². The minimum Gasteiger partial charge on any atom is -0.370 e. The first-order valence-corrected chi connectivity index (χ1v) is 8.52. The van der Waals surface area contributed by atoms with Crippen LogP contribution in [0.25, 0.3) is 0 Å². The lowest BCUT2D eigenvalue weighted by molar-refractivity contribution is -0.131. The smallest absolute Gasteiger partial charge is 0.242 e. The van der Waals surface area contributed by atoms with Crippen molar-refractivity contribution in [2.75, 3.05) is 13.1 Å². The number of hydrogen-bond donors (Lipinski definition) is 7. The van der Waals surface area contributed by atoms with Crippen LogP contribution in [0.1, 0.15) is 32.6 Å². The Morgan fingerprint density at radius 1 is 0.929 bits per heavy atom. The minimum absolute atomic E-state index is 0.0850. The van der Waals surface area contributed by atoms with E-state index in [0.29, 0.717) is 6.42 Å². The topological polar surface area (TPSA) is 238 Å². The van der Waals surface area contributed by atoms with Crippen LogP contribution in [0.4, 0.5) is 0 Å². The van der Waals surface area contributed by atoms with E-state index in [-0.39, 0.29) is 31.8 Å². The molecule has 0 heterocycles. The van der Waals surface area contributed by atoms with Crippen molar-refractivity contribution in [1.82, 2.24) is 16.0 Å². The molecule has 0 aliphatic rings. The molecule has 0 saturated heterocycles. The van der Waals surface area contributed by atoms with Crippen molar-refractivity contribution < 1.29 is 24.0 Å². The van der Waals surface area contributed by atoms with Crippen molar-refractivity contribution in [3.8, 4) is 0 Å². The van der Waals surface area contributed by atoms with Gasteiger partial charge in [-0.25, -0.2) is 0 Å². The lowest BCUT2D eigenvalue weighted by atomic mass is 10.1. The van der Waals surface area contributed by atoms with Gasteiger partial charge in [0, 0.05) is 19.4 Å². The van der Waals surface area contributed by atoms with E-state index in [1.54, 1.807) is 0 Å². The molecular weight excluding hydrogens is 372 g/mol. The van der Waals surface area contributed by atoms with Crippen molar-refractivity contribution in [3.05, 3.63) is 0 Å². The average Bonchev–Trinajstić information content (AvgIpc) is 2.59. The number of amides is 5. The van der Waals surface area contributed by atoms with Crippen LogP contribution in [0.5, 0.6) is 0 Å². The Kier molecular flexibility index (Phi) is 11.3. The third-order valence-corrected chi connectivity index (χ3v) is 3.42. The highest BCUT2D eigenvalue weighted by molar-refractivity contribution is 5.92. The Hall–Kier alpha value is -3.38. The highest BCUT2D eigenvalue weighted by Crippen LogP contribution is 1.97. The molecule has 0 aliphatic carbocycles. The molecule has 11 N–H and O–H groups in total. The third kappa shape index (κ3) is 12.1. The summed E-state index contributed by atoms with van der Waals surface area (Å²) in [5.41, 5.74) is 20.5. The maximum absolute atomic E-state index is 11.9.